The summed E-state index contributed by atoms with van der Waals surface area (Å²) in [5.74, 6) is -0.290. The molecule has 0 bridgehead atoms. The Morgan fingerprint density at radius 3 is 2.68 bits per heavy atom. The number of nitrogens with zero attached hydrogens (tertiary/aromatic N) is 4. The van der Waals surface area contributed by atoms with Crippen LogP contribution in [0.1, 0.15) is 22.2 Å². The van der Waals surface area contributed by atoms with E-state index in [-0.39, 0.29) is 17.8 Å². The van der Waals surface area contributed by atoms with Crippen LogP contribution in [0.25, 0.3) is 0 Å². The molecule has 2 N–H and O–H groups in total. The van der Waals surface area contributed by atoms with Gasteiger partial charge in [-0.05, 0) is 24.9 Å². The Bertz CT molecular complexity index is 510. The summed E-state index contributed by atoms with van der Waals surface area (Å²) in [5.41, 5.74) is 1.14. The highest BCUT2D eigenvalue weighted by atomic mass is 16.2. The van der Waals surface area contributed by atoms with Crippen molar-refractivity contribution >= 4 is 5.91 Å². The number of H-pyrrole nitrogens is 1. The molecule has 1 aromatic carbocycles. The van der Waals surface area contributed by atoms with E-state index in [1.807, 2.05) is 49.3 Å². The second-order valence-electron chi connectivity index (χ2n) is 4.34. The molecule has 100 valence electrons. The van der Waals surface area contributed by atoms with Crippen molar-refractivity contribution in [1.82, 2.24) is 30.8 Å². The number of amides is 1. The van der Waals surface area contributed by atoms with Gasteiger partial charge in [0, 0.05) is 6.54 Å². The van der Waals surface area contributed by atoms with Crippen LogP contribution in [0.4, 0.5) is 0 Å². The first-order valence-electron chi connectivity index (χ1n) is 5.91. The van der Waals surface area contributed by atoms with Gasteiger partial charge in [0.15, 0.2) is 0 Å². The van der Waals surface area contributed by atoms with Crippen LogP contribution in [-0.2, 0) is 0 Å². The predicted octanol–water partition coefficient (Wildman–Crippen LogP) is 0.232. The van der Waals surface area contributed by atoms with Crippen LogP contribution in [0.15, 0.2) is 30.3 Å². The summed E-state index contributed by atoms with van der Waals surface area (Å²) in [4.78, 5) is 13.8. The molecule has 0 aliphatic rings. The molecule has 1 unspecified atom stereocenters. The Morgan fingerprint density at radius 2 is 2.11 bits per heavy atom. The lowest BCUT2D eigenvalue weighted by Crippen LogP contribution is -2.35. The number of aromatic amines is 1. The van der Waals surface area contributed by atoms with Crippen molar-refractivity contribution in [2.45, 2.75) is 6.04 Å². The molecule has 19 heavy (non-hydrogen) atoms. The number of likely N-dealkylation sites (N-methyl/N-ethyl adjacent to an activating group) is 1. The SMILES string of the molecule is CN(C)C(CNC(=O)c1nn[nH]n1)c1ccccc1. The summed E-state index contributed by atoms with van der Waals surface area (Å²) in [6.07, 6.45) is 0. The minimum Gasteiger partial charge on any atom is -0.347 e. The summed E-state index contributed by atoms with van der Waals surface area (Å²) >= 11 is 0. The molecule has 0 saturated carbocycles. The zero-order valence-electron chi connectivity index (χ0n) is 10.9. The highest BCUT2D eigenvalue weighted by Gasteiger charge is 2.17. The van der Waals surface area contributed by atoms with Gasteiger partial charge < -0.3 is 10.2 Å². The van der Waals surface area contributed by atoms with Gasteiger partial charge in [-0.3, -0.25) is 4.79 Å². The number of nitrogens with one attached hydrogen (secondary N) is 2. The van der Waals surface area contributed by atoms with Gasteiger partial charge >= 0.3 is 0 Å². The summed E-state index contributed by atoms with van der Waals surface area (Å²) in [7, 11) is 3.94. The Balaban J connectivity index is 2.01. The summed E-state index contributed by atoms with van der Waals surface area (Å²) < 4.78 is 0. The standard InChI is InChI=1S/C12H16N6O/c1-18(2)10(9-6-4-3-5-7-9)8-13-12(19)11-14-16-17-15-11/h3-7,10H,8H2,1-2H3,(H,13,19)(H,14,15,16,17). The van der Waals surface area contributed by atoms with Crippen molar-refractivity contribution in [3.05, 3.63) is 41.7 Å². The number of aromatic nitrogens is 4. The van der Waals surface area contributed by atoms with E-state index in [9.17, 15) is 4.79 Å². The van der Waals surface area contributed by atoms with Gasteiger partial charge in [-0.15, -0.1) is 10.2 Å². The normalized spacial score (nSPS) is 12.4. The summed E-state index contributed by atoms with van der Waals surface area (Å²) in [6.45, 7) is 0.477. The van der Waals surface area contributed by atoms with Crippen LogP contribution in [-0.4, -0.2) is 52.1 Å². The maximum atomic E-state index is 11.7. The maximum Gasteiger partial charge on any atom is 0.292 e. The number of hydrogen-bond donors (Lipinski definition) is 2. The first kappa shape index (κ1) is 13.2. The van der Waals surface area contributed by atoms with E-state index in [0.717, 1.165) is 5.56 Å². The van der Waals surface area contributed by atoms with E-state index in [1.165, 1.54) is 0 Å². The van der Waals surface area contributed by atoms with Gasteiger partial charge in [0.25, 0.3) is 11.7 Å². The summed E-state index contributed by atoms with van der Waals surface area (Å²) in [5, 5.41) is 15.7. The van der Waals surface area contributed by atoms with E-state index >= 15 is 0 Å². The topological polar surface area (TPSA) is 86.8 Å². The van der Waals surface area contributed by atoms with Gasteiger partial charge in [-0.2, -0.15) is 5.21 Å². The predicted molar refractivity (Wildman–Crippen MR) is 69.4 cm³/mol. The number of rotatable bonds is 5. The molecule has 7 heteroatoms. The molecule has 0 fully saturated rings. The van der Waals surface area contributed by atoms with E-state index in [0.29, 0.717) is 6.54 Å². The molecule has 1 aromatic heterocycles. The van der Waals surface area contributed by atoms with Crippen LogP contribution < -0.4 is 5.32 Å². The fourth-order valence-electron chi connectivity index (χ4n) is 1.80. The lowest BCUT2D eigenvalue weighted by Gasteiger charge is -2.24. The molecule has 2 aromatic rings. The lowest BCUT2D eigenvalue weighted by atomic mass is 10.1. The fraction of sp³-hybridized carbons (Fsp3) is 0.333. The first-order chi connectivity index (χ1) is 9.18. The van der Waals surface area contributed by atoms with E-state index < -0.39 is 0 Å². The van der Waals surface area contributed by atoms with Gasteiger partial charge in [0.05, 0.1) is 6.04 Å². The highest BCUT2D eigenvalue weighted by molar-refractivity contribution is 5.90. The van der Waals surface area contributed by atoms with Crippen LogP contribution in [0.5, 0.6) is 0 Å². The van der Waals surface area contributed by atoms with Crippen molar-refractivity contribution in [3.63, 3.8) is 0 Å². The van der Waals surface area contributed by atoms with Crippen molar-refractivity contribution in [2.24, 2.45) is 0 Å². The second kappa shape index (κ2) is 6.05. The molecule has 0 aliphatic carbocycles. The number of carbonyl (C=O) groups is 1. The fourth-order valence-corrected chi connectivity index (χ4v) is 1.80. The van der Waals surface area contributed by atoms with E-state index in [1.54, 1.807) is 0 Å². The van der Waals surface area contributed by atoms with Crippen molar-refractivity contribution in [3.8, 4) is 0 Å². The quantitative estimate of drug-likeness (QED) is 0.803. The molecule has 1 amide bonds. The molecular formula is C12H16N6O. The monoisotopic (exact) mass is 260 g/mol. The molecule has 1 heterocycles. The summed E-state index contributed by atoms with van der Waals surface area (Å²) in [6, 6.07) is 10.1. The number of tetrazole rings is 1. The van der Waals surface area contributed by atoms with Crippen molar-refractivity contribution in [1.29, 1.82) is 0 Å². The lowest BCUT2D eigenvalue weighted by molar-refractivity contribution is 0.0931. The average molecular weight is 260 g/mol. The zero-order chi connectivity index (χ0) is 13.7. The van der Waals surface area contributed by atoms with Crippen LogP contribution in [0.2, 0.25) is 0 Å². The van der Waals surface area contributed by atoms with E-state index in [2.05, 4.69) is 25.9 Å². The van der Waals surface area contributed by atoms with Crippen LogP contribution >= 0.6 is 0 Å². The van der Waals surface area contributed by atoms with Crippen molar-refractivity contribution in [2.75, 3.05) is 20.6 Å². The van der Waals surface area contributed by atoms with Crippen LogP contribution in [0, 0.1) is 0 Å². The molecule has 2 rings (SSSR count). The van der Waals surface area contributed by atoms with Gasteiger partial charge in [0.1, 0.15) is 0 Å². The molecule has 0 saturated heterocycles. The Hall–Kier alpha value is -2.28. The van der Waals surface area contributed by atoms with E-state index in [4.69, 9.17) is 0 Å². The van der Waals surface area contributed by atoms with Crippen LogP contribution in [0.3, 0.4) is 0 Å². The number of carbonyl (C=O) groups excluding carboxylic acids is 1. The first-order valence-corrected chi connectivity index (χ1v) is 5.91. The Morgan fingerprint density at radius 1 is 1.37 bits per heavy atom. The van der Waals surface area contributed by atoms with Gasteiger partial charge in [-0.25, -0.2) is 0 Å². The largest absolute Gasteiger partial charge is 0.347 e. The molecule has 0 aliphatic heterocycles. The molecule has 7 nitrogen and oxygen atoms in total. The minimum absolute atomic E-state index is 0.0468. The van der Waals surface area contributed by atoms with Crippen molar-refractivity contribution < 1.29 is 4.79 Å². The van der Waals surface area contributed by atoms with Gasteiger partial charge in [-0.1, -0.05) is 30.3 Å². The number of benzene rings is 1. The third-order valence-corrected chi connectivity index (χ3v) is 2.81. The zero-order valence-corrected chi connectivity index (χ0v) is 10.9. The second-order valence-corrected chi connectivity index (χ2v) is 4.34. The molecule has 0 spiro atoms. The minimum atomic E-state index is -0.337. The number of hydrogen-bond acceptors (Lipinski definition) is 5. The average Bonchev–Trinajstić information content (AvgIpc) is 2.93. The third-order valence-electron chi connectivity index (χ3n) is 2.81. The molecule has 0 radical (unpaired) electrons. The Kier molecular flexibility index (Phi) is 4.19. The maximum absolute atomic E-state index is 11.7. The molecule has 1 atom stereocenters. The Labute approximate surface area is 111 Å². The highest BCUT2D eigenvalue weighted by Crippen LogP contribution is 2.16. The van der Waals surface area contributed by atoms with Gasteiger partial charge in [0.2, 0.25) is 0 Å². The third kappa shape index (κ3) is 3.35. The molecular weight excluding hydrogens is 244 g/mol. The smallest absolute Gasteiger partial charge is 0.292 e.